The molecular formula is C13H16Cl2N4. The molecule has 4 nitrogen and oxygen atoms in total. The lowest BCUT2D eigenvalue weighted by Gasteiger charge is -2.11. The van der Waals surface area contributed by atoms with Crippen molar-refractivity contribution in [2.45, 2.75) is 26.8 Å². The van der Waals surface area contributed by atoms with Crippen LogP contribution in [0.4, 0.5) is 0 Å². The molecule has 1 aromatic carbocycles. The van der Waals surface area contributed by atoms with Crippen LogP contribution in [0.5, 0.6) is 0 Å². The van der Waals surface area contributed by atoms with Gasteiger partial charge in [-0.1, -0.05) is 35.3 Å². The first-order chi connectivity index (χ1) is 9.04. The van der Waals surface area contributed by atoms with Crippen molar-refractivity contribution >= 4 is 23.2 Å². The summed E-state index contributed by atoms with van der Waals surface area (Å²) in [5.74, 6) is 0. The van der Waals surface area contributed by atoms with Crippen molar-refractivity contribution in [3.63, 3.8) is 0 Å². The van der Waals surface area contributed by atoms with Crippen molar-refractivity contribution in [3.05, 3.63) is 39.6 Å². The fraction of sp³-hybridized carbons (Fsp3) is 0.385. The normalized spacial score (nSPS) is 12.7. The zero-order chi connectivity index (χ0) is 14.0. The predicted molar refractivity (Wildman–Crippen MR) is 78.2 cm³/mol. The van der Waals surface area contributed by atoms with Crippen molar-refractivity contribution < 1.29 is 0 Å². The summed E-state index contributed by atoms with van der Waals surface area (Å²) < 4.78 is 1.74. The minimum atomic E-state index is 0.157. The highest BCUT2D eigenvalue weighted by Crippen LogP contribution is 2.26. The van der Waals surface area contributed by atoms with Crippen LogP contribution in [-0.4, -0.2) is 21.5 Å². The zero-order valence-corrected chi connectivity index (χ0v) is 12.6. The van der Waals surface area contributed by atoms with E-state index in [-0.39, 0.29) is 6.04 Å². The number of rotatable bonds is 4. The van der Waals surface area contributed by atoms with Crippen molar-refractivity contribution in [1.29, 1.82) is 0 Å². The Morgan fingerprint density at radius 1 is 1.37 bits per heavy atom. The molecule has 0 fully saturated rings. The van der Waals surface area contributed by atoms with Gasteiger partial charge in [0.15, 0.2) is 0 Å². The fourth-order valence-electron chi connectivity index (χ4n) is 2.03. The van der Waals surface area contributed by atoms with Crippen LogP contribution in [-0.2, 0) is 0 Å². The van der Waals surface area contributed by atoms with Gasteiger partial charge in [-0.05, 0) is 38.6 Å². The molecule has 1 unspecified atom stereocenters. The smallest absolute Gasteiger partial charge is 0.103 e. The molecule has 1 atom stereocenters. The minimum absolute atomic E-state index is 0.157. The first-order valence-corrected chi connectivity index (χ1v) is 6.91. The van der Waals surface area contributed by atoms with E-state index in [2.05, 4.69) is 29.5 Å². The third kappa shape index (κ3) is 2.91. The van der Waals surface area contributed by atoms with Gasteiger partial charge in [0.05, 0.1) is 22.4 Å². The average Bonchev–Trinajstić information content (AvgIpc) is 2.72. The zero-order valence-electron chi connectivity index (χ0n) is 11.1. The average molecular weight is 299 g/mol. The van der Waals surface area contributed by atoms with Crippen LogP contribution >= 0.6 is 23.2 Å². The van der Waals surface area contributed by atoms with E-state index in [0.29, 0.717) is 10.0 Å². The van der Waals surface area contributed by atoms with E-state index in [0.717, 1.165) is 23.6 Å². The molecular weight excluding hydrogens is 283 g/mol. The van der Waals surface area contributed by atoms with Gasteiger partial charge in [0, 0.05) is 5.02 Å². The van der Waals surface area contributed by atoms with Gasteiger partial charge in [-0.2, -0.15) is 0 Å². The molecule has 1 heterocycles. The monoisotopic (exact) mass is 298 g/mol. The summed E-state index contributed by atoms with van der Waals surface area (Å²) in [6.07, 6.45) is 0. The number of nitrogens with one attached hydrogen (secondary N) is 1. The molecule has 2 aromatic rings. The Hall–Kier alpha value is -1.10. The molecule has 0 amide bonds. The molecule has 6 heteroatoms. The summed E-state index contributed by atoms with van der Waals surface area (Å²) in [6, 6.07) is 5.49. The first kappa shape index (κ1) is 14.3. The molecule has 19 heavy (non-hydrogen) atoms. The van der Waals surface area contributed by atoms with Gasteiger partial charge in [-0.15, -0.1) is 5.10 Å². The Morgan fingerprint density at radius 3 is 2.74 bits per heavy atom. The Labute approximate surface area is 122 Å². The lowest BCUT2D eigenvalue weighted by molar-refractivity contribution is 0.579. The Balaban J connectivity index is 2.41. The van der Waals surface area contributed by atoms with E-state index in [1.165, 1.54) is 0 Å². The van der Waals surface area contributed by atoms with E-state index in [1.807, 2.05) is 13.0 Å². The highest BCUT2D eigenvalue weighted by molar-refractivity contribution is 6.35. The van der Waals surface area contributed by atoms with Gasteiger partial charge >= 0.3 is 0 Å². The molecule has 0 spiro atoms. The SMILES string of the molecule is CCNC(C)c1nnn(-c2ccc(Cl)cc2Cl)c1C. The molecule has 0 radical (unpaired) electrons. The summed E-state index contributed by atoms with van der Waals surface area (Å²) in [6.45, 7) is 6.99. The second-order valence-corrected chi connectivity index (χ2v) is 5.19. The van der Waals surface area contributed by atoms with Crippen LogP contribution in [0.1, 0.15) is 31.3 Å². The third-order valence-electron chi connectivity index (χ3n) is 2.99. The van der Waals surface area contributed by atoms with Gasteiger partial charge in [-0.25, -0.2) is 4.68 Å². The Bertz CT molecular complexity index is 580. The van der Waals surface area contributed by atoms with E-state index >= 15 is 0 Å². The quantitative estimate of drug-likeness (QED) is 0.938. The Morgan fingerprint density at radius 2 is 2.11 bits per heavy atom. The maximum absolute atomic E-state index is 6.20. The second kappa shape index (κ2) is 5.90. The maximum atomic E-state index is 6.20. The predicted octanol–water partition coefficient (Wildman–Crippen LogP) is 3.55. The van der Waals surface area contributed by atoms with E-state index in [9.17, 15) is 0 Å². The van der Waals surface area contributed by atoms with Crippen LogP contribution in [0.15, 0.2) is 18.2 Å². The molecule has 0 aliphatic carbocycles. The number of hydrogen-bond acceptors (Lipinski definition) is 3. The summed E-state index contributed by atoms with van der Waals surface area (Å²) in [7, 11) is 0. The Kier molecular flexibility index (Phi) is 4.45. The number of nitrogens with zero attached hydrogens (tertiary/aromatic N) is 3. The van der Waals surface area contributed by atoms with Gasteiger partial charge < -0.3 is 5.32 Å². The molecule has 0 aliphatic rings. The second-order valence-electron chi connectivity index (χ2n) is 4.35. The van der Waals surface area contributed by atoms with E-state index < -0.39 is 0 Å². The van der Waals surface area contributed by atoms with Crippen LogP contribution in [0, 0.1) is 6.92 Å². The van der Waals surface area contributed by atoms with Crippen LogP contribution in [0.3, 0.4) is 0 Å². The van der Waals surface area contributed by atoms with Crippen LogP contribution < -0.4 is 5.32 Å². The molecule has 0 aliphatic heterocycles. The van der Waals surface area contributed by atoms with Gasteiger partial charge in [-0.3, -0.25) is 0 Å². The summed E-state index contributed by atoms with van der Waals surface area (Å²) >= 11 is 12.1. The van der Waals surface area contributed by atoms with E-state index in [1.54, 1.807) is 16.8 Å². The highest BCUT2D eigenvalue weighted by atomic mass is 35.5. The molecule has 0 saturated heterocycles. The van der Waals surface area contributed by atoms with Crippen molar-refractivity contribution in [2.24, 2.45) is 0 Å². The van der Waals surface area contributed by atoms with E-state index in [4.69, 9.17) is 23.2 Å². The number of benzene rings is 1. The summed E-state index contributed by atoms with van der Waals surface area (Å²) in [4.78, 5) is 0. The molecule has 0 saturated carbocycles. The molecule has 102 valence electrons. The molecule has 1 aromatic heterocycles. The van der Waals surface area contributed by atoms with Gasteiger partial charge in [0.25, 0.3) is 0 Å². The van der Waals surface area contributed by atoms with Crippen LogP contribution in [0.2, 0.25) is 10.0 Å². The minimum Gasteiger partial charge on any atom is -0.309 e. The van der Waals surface area contributed by atoms with Gasteiger partial charge in [0.2, 0.25) is 0 Å². The number of aromatic nitrogens is 3. The molecule has 1 N–H and O–H groups in total. The summed E-state index contributed by atoms with van der Waals surface area (Å²) in [5, 5.41) is 12.9. The third-order valence-corrected chi connectivity index (χ3v) is 3.53. The van der Waals surface area contributed by atoms with Crippen LogP contribution in [0.25, 0.3) is 5.69 Å². The fourth-order valence-corrected chi connectivity index (χ4v) is 2.51. The van der Waals surface area contributed by atoms with Crippen molar-refractivity contribution in [1.82, 2.24) is 20.3 Å². The topological polar surface area (TPSA) is 42.7 Å². The number of halogens is 2. The number of hydrogen-bond donors (Lipinski definition) is 1. The molecule has 2 rings (SSSR count). The maximum Gasteiger partial charge on any atom is 0.103 e. The summed E-state index contributed by atoms with van der Waals surface area (Å²) in [5.41, 5.74) is 2.68. The largest absolute Gasteiger partial charge is 0.309 e. The molecule has 0 bridgehead atoms. The van der Waals surface area contributed by atoms with Crippen molar-refractivity contribution in [3.8, 4) is 5.69 Å². The highest BCUT2D eigenvalue weighted by Gasteiger charge is 2.16. The van der Waals surface area contributed by atoms with Crippen molar-refractivity contribution in [2.75, 3.05) is 6.54 Å². The van der Waals surface area contributed by atoms with Gasteiger partial charge in [0.1, 0.15) is 5.69 Å². The lowest BCUT2D eigenvalue weighted by atomic mass is 10.2. The first-order valence-electron chi connectivity index (χ1n) is 6.15. The standard InChI is InChI=1S/C13H16Cl2N4/c1-4-16-8(2)13-9(3)19(18-17-13)12-6-5-10(14)7-11(12)15/h5-8,16H,4H2,1-3H3. The lowest BCUT2D eigenvalue weighted by Crippen LogP contribution is -2.19.